The molecule has 134 valence electrons. The number of halogens is 1. The highest BCUT2D eigenvalue weighted by Crippen LogP contribution is 2.28. The summed E-state index contributed by atoms with van der Waals surface area (Å²) in [6, 6.07) is 14.5. The number of nitrogens with zero attached hydrogens (tertiary/aromatic N) is 3. The lowest BCUT2D eigenvalue weighted by atomic mass is 10.2. The van der Waals surface area contributed by atoms with Gasteiger partial charge in [0.25, 0.3) is 5.69 Å². The minimum Gasteiger partial charge on any atom is -0.360 e. The molecule has 0 spiro atoms. The highest BCUT2D eigenvalue weighted by Gasteiger charge is 2.11. The van der Waals surface area contributed by atoms with Crippen LogP contribution in [0.1, 0.15) is 10.6 Å². The summed E-state index contributed by atoms with van der Waals surface area (Å²) < 4.78 is 0.959. The van der Waals surface area contributed by atoms with Gasteiger partial charge in [0.15, 0.2) is 0 Å². The van der Waals surface area contributed by atoms with Crippen molar-refractivity contribution >= 4 is 44.2 Å². The van der Waals surface area contributed by atoms with E-state index < -0.39 is 4.92 Å². The summed E-state index contributed by atoms with van der Waals surface area (Å²) >= 11 is 4.82. The van der Waals surface area contributed by atoms with Gasteiger partial charge in [-0.1, -0.05) is 28.1 Å². The first kappa shape index (κ1) is 18.8. The molecule has 0 unspecified atom stereocenters. The first-order valence-electron chi connectivity index (χ1n) is 7.81. The molecular formula is C19H13BrN4O2S. The number of hydrogen-bond acceptors (Lipinski definition) is 6. The first-order chi connectivity index (χ1) is 13.0. The maximum absolute atomic E-state index is 10.8. The molecule has 8 heteroatoms. The highest BCUT2D eigenvalue weighted by atomic mass is 79.9. The number of hydrogen-bond donors (Lipinski definition) is 1. The number of aromatic nitrogens is 1. The molecule has 0 fully saturated rings. The zero-order valence-corrected chi connectivity index (χ0v) is 16.5. The Kier molecular flexibility index (Phi) is 5.64. The van der Waals surface area contributed by atoms with E-state index in [2.05, 4.69) is 32.3 Å². The predicted octanol–water partition coefficient (Wildman–Crippen LogP) is 5.77. The third kappa shape index (κ3) is 4.39. The Hall–Kier alpha value is -3.02. The van der Waals surface area contributed by atoms with Crippen molar-refractivity contribution < 1.29 is 4.92 Å². The van der Waals surface area contributed by atoms with Crippen LogP contribution in [0.5, 0.6) is 0 Å². The molecule has 0 radical (unpaired) electrons. The Morgan fingerprint density at radius 3 is 2.85 bits per heavy atom. The minimum atomic E-state index is -0.438. The molecule has 0 aliphatic heterocycles. The van der Waals surface area contributed by atoms with E-state index in [0.29, 0.717) is 21.8 Å². The van der Waals surface area contributed by atoms with Crippen LogP contribution in [-0.2, 0) is 0 Å². The predicted molar refractivity (Wildman–Crippen MR) is 110 cm³/mol. The lowest BCUT2D eigenvalue weighted by Crippen LogP contribution is -1.95. The normalized spacial score (nSPS) is 11.1. The molecule has 2 aromatic carbocycles. The minimum absolute atomic E-state index is 0.0288. The van der Waals surface area contributed by atoms with Crippen molar-refractivity contribution in [2.45, 2.75) is 6.92 Å². The molecule has 1 heterocycles. The standard InChI is InChI=1S/C19H13BrN4O2S/c1-12-7-16(24(25)26)5-6-17(12)22-10-14(9-21)19-23-18(11-27-19)13-3-2-4-15(20)8-13/h2-8,10-11,22H,1H3. The summed E-state index contributed by atoms with van der Waals surface area (Å²) in [5.74, 6) is 0. The van der Waals surface area contributed by atoms with Crippen molar-refractivity contribution in [1.82, 2.24) is 4.98 Å². The first-order valence-corrected chi connectivity index (χ1v) is 9.49. The number of non-ortho nitro benzene ring substituents is 1. The second-order valence-corrected chi connectivity index (χ2v) is 7.39. The Balaban J connectivity index is 1.84. The SMILES string of the molecule is Cc1cc([N+](=O)[O-])ccc1NC=C(C#N)c1nc(-c2cccc(Br)c2)cs1. The molecule has 1 N–H and O–H groups in total. The third-order valence-corrected chi connectivity index (χ3v) is 5.14. The number of allylic oxidation sites excluding steroid dienone is 1. The lowest BCUT2D eigenvalue weighted by Gasteiger charge is -2.05. The molecule has 0 amide bonds. The van der Waals surface area contributed by atoms with Gasteiger partial charge in [0, 0.05) is 39.4 Å². The van der Waals surface area contributed by atoms with Gasteiger partial charge in [-0.2, -0.15) is 5.26 Å². The van der Waals surface area contributed by atoms with Crippen molar-refractivity contribution in [3.8, 4) is 17.3 Å². The number of aryl methyl sites for hydroxylation is 1. The van der Waals surface area contributed by atoms with E-state index in [-0.39, 0.29) is 5.69 Å². The number of thiazole rings is 1. The Labute approximate surface area is 168 Å². The Bertz CT molecular complexity index is 1090. The van der Waals surface area contributed by atoms with Crippen LogP contribution in [0.25, 0.3) is 16.8 Å². The molecule has 1 aromatic heterocycles. The summed E-state index contributed by atoms with van der Waals surface area (Å²) in [7, 11) is 0. The molecule has 0 aliphatic carbocycles. The van der Waals surface area contributed by atoms with Crippen LogP contribution in [-0.4, -0.2) is 9.91 Å². The summed E-state index contributed by atoms with van der Waals surface area (Å²) in [6.45, 7) is 1.77. The van der Waals surface area contributed by atoms with Crippen LogP contribution in [0.3, 0.4) is 0 Å². The van der Waals surface area contributed by atoms with E-state index in [9.17, 15) is 15.4 Å². The van der Waals surface area contributed by atoms with Crippen molar-refractivity contribution in [2.75, 3.05) is 5.32 Å². The van der Waals surface area contributed by atoms with Crippen LogP contribution in [0.4, 0.5) is 11.4 Å². The topological polar surface area (TPSA) is 91.9 Å². The molecule has 6 nitrogen and oxygen atoms in total. The van der Waals surface area contributed by atoms with E-state index in [0.717, 1.165) is 15.7 Å². The van der Waals surface area contributed by atoms with E-state index in [4.69, 9.17) is 0 Å². The van der Waals surface area contributed by atoms with E-state index >= 15 is 0 Å². The molecule has 27 heavy (non-hydrogen) atoms. The molecule has 3 aromatic rings. The van der Waals surface area contributed by atoms with Gasteiger partial charge in [0.1, 0.15) is 16.6 Å². The van der Waals surface area contributed by atoms with E-state index in [1.165, 1.54) is 23.5 Å². The number of nitriles is 1. The van der Waals surface area contributed by atoms with Crippen molar-refractivity contribution in [3.63, 3.8) is 0 Å². The van der Waals surface area contributed by atoms with Gasteiger partial charge in [0.2, 0.25) is 0 Å². The van der Waals surface area contributed by atoms with Gasteiger partial charge >= 0.3 is 0 Å². The number of anilines is 1. The quantitative estimate of drug-likeness (QED) is 0.309. The summed E-state index contributed by atoms with van der Waals surface area (Å²) in [6.07, 6.45) is 1.57. The number of nitro benzene ring substituents is 1. The van der Waals surface area contributed by atoms with Gasteiger partial charge in [-0.25, -0.2) is 4.98 Å². The third-order valence-electron chi connectivity index (χ3n) is 3.77. The molecule has 0 saturated heterocycles. The van der Waals surface area contributed by atoms with Crippen LogP contribution in [0.2, 0.25) is 0 Å². The smallest absolute Gasteiger partial charge is 0.269 e. The second-order valence-electron chi connectivity index (χ2n) is 5.62. The summed E-state index contributed by atoms with van der Waals surface area (Å²) in [4.78, 5) is 14.9. The van der Waals surface area contributed by atoms with Crippen LogP contribution in [0, 0.1) is 28.4 Å². The van der Waals surface area contributed by atoms with Gasteiger partial charge in [-0.3, -0.25) is 10.1 Å². The van der Waals surface area contributed by atoms with Gasteiger partial charge in [-0.05, 0) is 30.7 Å². The molecular weight excluding hydrogens is 428 g/mol. The van der Waals surface area contributed by atoms with Crippen molar-refractivity contribution in [3.05, 3.63) is 79.2 Å². The maximum Gasteiger partial charge on any atom is 0.269 e. The fourth-order valence-corrected chi connectivity index (χ4v) is 3.59. The molecule has 0 atom stereocenters. The molecule has 0 bridgehead atoms. The number of nitrogens with one attached hydrogen (secondary N) is 1. The zero-order chi connectivity index (χ0) is 19.4. The monoisotopic (exact) mass is 440 g/mol. The second kappa shape index (κ2) is 8.12. The average molecular weight is 441 g/mol. The van der Waals surface area contributed by atoms with Crippen LogP contribution < -0.4 is 5.32 Å². The summed E-state index contributed by atoms with van der Waals surface area (Å²) in [5, 5.41) is 25.8. The van der Waals surface area contributed by atoms with Crippen molar-refractivity contribution in [2.24, 2.45) is 0 Å². The van der Waals surface area contributed by atoms with Crippen LogP contribution in [0.15, 0.2) is 58.5 Å². The van der Waals surface area contributed by atoms with E-state index in [1.54, 1.807) is 19.2 Å². The molecule has 3 rings (SSSR count). The maximum atomic E-state index is 10.8. The van der Waals surface area contributed by atoms with E-state index in [1.807, 2.05) is 29.6 Å². The van der Waals surface area contributed by atoms with Crippen LogP contribution >= 0.6 is 27.3 Å². The largest absolute Gasteiger partial charge is 0.360 e. The zero-order valence-electron chi connectivity index (χ0n) is 14.1. The highest BCUT2D eigenvalue weighted by molar-refractivity contribution is 9.10. The van der Waals surface area contributed by atoms with Crippen molar-refractivity contribution in [1.29, 1.82) is 5.26 Å². The Morgan fingerprint density at radius 1 is 1.37 bits per heavy atom. The number of nitro groups is 1. The van der Waals surface area contributed by atoms with Gasteiger partial charge in [-0.15, -0.1) is 11.3 Å². The lowest BCUT2D eigenvalue weighted by molar-refractivity contribution is -0.384. The van der Waals surface area contributed by atoms with Gasteiger partial charge in [0.05, 0.1) is 10.6 Å². The number of benzene rings is 2. The fraction of sp³-hybridized carbons (Fsp3) is 0.0526. The Morgan fingerprint density at radius 2 is 2.19 bits per heavy atom. The fourth-order valence-electron chi connectivity index (χ4n) is 2.39. The molecule has 0 saturated carbocycles. The van der Waals surface area contributed by atoms with Gasteiger partial charge < -0.3 is 5.32 Å². The summed E-state index contributed by atoms with van der Waals surface area (Å²) in [5.41, 5.74) is 3.58. The molecule has 0 aliphatic rings. The number of rotatable bonds is 5. The average Bonchev–Trinajstić information content (AvgIpc) is 3.13.